The van der Waals surface area contributed by atoms with Crippen LogP contribution in [0.15, 0.2) is 18.3 Å². The minimum Gasteiger partial charge on any atom is -0.443 e. The largest absolute Gasteiger partial charge is 0.443 e. The highest BCUT2D eigenvalue weighted by atomic mass is 19.1. The van der Waals surface area contributed by atoms with Gasteiger partial charge in [0.25, 0.3) is 0 Å². The number of hydrogen-bond donors (Lipinski definition) is 3. The number of imidazole rings is 1. The SMILES string of the molecule is COCc1cn2c(Nc3cc([C@@H]4CC[C@H](OC(=O)NC(C)C)[C@H]4F)[nH]n3)nc(C#N)cc2n1. The number of alkyl carbamates (subject to hydrolysis) is 1. The third-order valence-corrected chi connectivity index (χ3v) is 5.31. The molecule has 12 heteroatoms. The number of amides is 1. The first-order valence-electron chi connectivity index (χ1n) is 10.6. The van der Waals surface area contributed by atoms with Gasteiger partial charge in [0.15, 0.2) is 5.82 Å². The van der Waals surface area contributed by atoms with Gasteiger partial charge in [0, 0.05) is 43.1 Å². The number of nitrogens with zero attached hydrogens (tertiary/aromatic N) is 5. The summed E-state index contributed by atoms with van der Waals surface area (Å²) in [5.41, 5.74) is 1.98. The number of anilines is 2. The molecule has 0 unspecified atom stereocenters. The fourth-order valence-corrected chi connectivity index (χ4v) is 3.89. The lowest BCUT2D eigenvalue weighted by atomic mass is 10.0. The molecule has 0 aliphatic heterocycles. The lowest BCUT2D eigenvalue weighted by Gasteiger charge is -2.18. The number of nitriles is 1. The Balaban J connectivity index is 1.50. The van der Waals surface area contributed by atoms with Gasteiger partial charge in [-0.1, -0.05) is 0 Å². The lowest BCUT2D eigenvalue weighted by Crippen LogP contribution is -2.36. The van der Waals surface area contributed by atoms with Crippen LogP contribution in [0.1, 0.15) is 49.7 Å². The molecule has 33 heavy (non-hydrogen) atoms. The number of alkyl halides is 1. The maximum Gasteiger partial charge on any atom is 0.407 e. The fourth-order valence-electron chi connectivity index (χ4n) is 3.89. The van der Waals surface area contributed by atoms with Crippen molar-refractivity contribution < 1.29 is 18.7 Å². The molecule has 4 rings (SSSR count). The molecule has 1 saturated carbocycles. The maximum atomic E-state index is 15.0. The van der Waals surface area contributed by atoms with E-state index in [1.54, 1.807) is 29.8 Å². The summed E-state index contributed by atoms with van der Waals surface area (Å²) in [5.74, 6) is 0.265. The van der Waals surface area contributed by atoms with Crippen molar-refractivity contribution in [1.29, 1.82) is 5.26 Å². The molecule has 174 valence electrons. The fraction of sp³-hybridized carbons (Fsp3) is 0.476. The van der Waals surface area contributed by atoms with Crippen molar-refractivity contribution in [3.8, 4) is 6.07 Å². The summed E-state index contributed by atoms with van der Waals surface area (Å²) in [6.07, 6.45) is -0.104. The van der Waals surface area contributed by atoms with Crippen molar-refractivity contribution in [3.63, 3.8) is 0 Å². The monoisotopic (exact) mass is 456 g/mol. The molecule has 1 aliphatic rings. The van der Waals surface area contributed by atoms with Crippen LogP contribution in [0.2, 0.25) is 0 Å². The molecule has 0 radical (unpaired) electrons. The number of fused-ring (bicyclic) bond motifs is 1. The van der Waals surface area contributed by atoms with Crippen LogP contribution < -0.4 is 10.6 Å². The Morgan fingerprint density at radius 2 is 2.21 bits per heavy atom. The standard InChI is InChI=1S/C21H25FN8O3/c1-11(2)24-21(31)33-16-5-4-14(19(16)22)15-7-17(29-28-15)27-20-26-12(8-23)6-18-25-13(10-32-3)9-30(18)20/h6-7,9,11,14,16,19H,4-5,10H2,1-3H3,(H,24,31)(H2,26,27,28,29)/t14-,16-,19-/m0/s1. The summed E-state index contributed by atoms with van der Waals surface area (Å²) in [6.45, 7) is 3.93. The number of nitrogens with one attached hydrogen (secondary N) is 3. The van der Waals surface area contributed by atoms with E-state index in [1.165, 1.54) is 0 Å². The summed E-state index contributed by atoms with van der Waals surface area (Å²) in [5, 5.41) is 22.0. The Morgan fingerprint density at radius 1 is 1.39 bits per heavy atom. The van der Waals surface area contributed by atoms with Gasteiger partial charge >= 0.3 is 6.09 Å². The number of halogens is 1. The summed E-state index contributed by atoms with van der Waals surface area (Å²) in [7, 11) is 1.57. The Morgan fingerprint density at radius 3 is 2.94 bits per heavy atom. The maximum absolute atomic E-state index is 15.0. The van der Waals surface area contributed by atoms with Gasteiger partial charge in [-0.15, -0.1) is 0 Å². The molecular weight excluding hydrogens is 431 g/mol. The predicted octanol–water partition coefficient (Wildman–Crippen LogP) is 2.93. The molecule has 1 amide bonds. The number of carbonyl (C=O) groups excluding carboxylic acids is 1. The van der Waals surface area contributed by atoms with E-state index in [1.807, 2.05) is 19.9 Å². The number of carbonyl (C=O) groups is 1. The minimum absolute atomic E-state index is 0.0883. The first-order chi connectivity index (χ1) is 15.9. The van der Waals surface area contributed by atoms with Crippen LogP contribution in [0.4, 0.5) is 21.0 Å². The second-order valence-corrected chi connectivity index (χ2v) is 8.17. The van der Waals surface area contributed by atoms with Crippen LogP contribution in [0.5, 0.6) is 0 Å². The number of aromatic nitrogens is 5. The van der Waals surface area contributed by atoms with Crippen molar-refractivity contribution >= 4 is 23.5 Å². The molecule has 0 aromatic carbocycles. The van der Waals surface area contributed by atoms with Crippen molar-refractivity contribution in [3.05, 3.63) is 35.4 Å². The third kappa shape index (κ3) is 4.88. The quantitative estimate of drug-likeness (QED) is 0.493. The van der Waals surface area contributed by atoms with Crippen molar-refractivity contribution in [2.75, 3.05) is 12.4 Å². The molecule has 1 fully saturated rings. The molecule has 0 bridgehead atoms. The number of H-pyrrole nitrogens is 1. The summed E-state index contributed by atoms with van der Waals surface area (Å²) in [6, 6.07) is 5.19. The van der Waals surface area contributed by atoms with E-state index >= 15 is 4.39 Å². The highest BCUT2D eigenvalue weighted by molar-refractivity contribution is 5.67. The molecule has 1 aliphatic carbocycles. The average Bonchev–Trinajstić information content (AvgIpc) is 3.47. The van der Waals surface area contributed by atoms with Gasteiger partial charge in [-0.2, -0.15) is 10.4 Å². The zero-order valence-corrected chi connectivity index (χ0v) is 18.5. The normalized spacial score (nSPS) is 20.2. The highest BCUT2D eigenvalue weighted by Crippen LogP contribution is 2.38. The van der Waals surface area contributed by atoms with E-state index in [2.05, 4.69) is 30.8 Å². The van der Waals surface area contributed by atoms with Gasteiger partial charge in [0.05, 0.1) is 12.3 Å². The van der Waals surface area contributed by atoms with Crippen LogP contribution in [0, 0.1) is 11.3 Å². The Hall–Kier alpha value is -3.72. The van der Waals surface area contributed by atoms with E-state index < -0.39 is 24.3 Å². The third-order valence-electron chi connectivity index (χ3n) is 5.31. The average molecular weight is 456 g/mol. The summed E-state index contributed by atoms with van der Waals surface area (Å²) in [4.78, 5) is 20.6. The first kappa shape index (κ1) is 22.5. The molecule has 0 saturated heterocycles. The van der Waals surface area contributed by atoms with Gasteiger partial charge in [0.1, 0.15) is 29.7 Å². The second kappa shape index (κ2) is 9.41. The Kier molecular flexibility index (Phi) is 6.41. The van der Waals surface area contributed by atoms with E-state index in [9.17, 15) is 10.1 Å². The van der Waals surface area contributed by atoms with Gasteiger partial charge in [0.2, 0.25) is 5.95 Å². The minimum atomic E-state index is -1.35. The molecular formula is C21H25FN8O3. The molecule has 3 atom stereocenters. The molecule has 3 aromatic heterocycles. The van der Waals surface area contributed by atoms with Crippen molar-refractivity contribution in [2.45, 2.75) is 57.5 Å². The zero-order chi connectivity index (χ0) is 23.5. The number of hydrogen-bond acceptors (Lipinski definition) is 8. The molecule has 3 aromatic rings. The second-order valence-electron chi connectivity index (χ2n) is 8.17. The summed E-state index contributed by atoms with van der Waals surface area (Å²) < 4.78 is 27.1. The summed E-state index contributed by atoms with van der Waals surface area (Å²) >= 11 is 0. The predicted molar refractivity (Wildman–Crippen MR) is 116 cm³/mol. The van der Waals surface area contributed by atoms with Gasteiger partial charge in [-0.25, -0.2) is 19.2 Å². The van der Waals surface area contributed by atoms with E-state index in [0.29, 0.717) is 48.2 Å². The molecule has 0 spiro atoms. The highest BCUT2D eigenvalue weighted by Gasteiger charge is 2.40. The van der Waals surface area contributed by atoms with Gasteiger partial charge < -0.3 is 20.1 Å². The number of ether oxygens (including phenoxy) is 2. The van der Waals surface area contributed by atoms with Crippen molar-refractivity contribution in [1.82, 2.24) is 29.9 Å². The number of rotatable bonds is 7. The van der Waals surface area contributed by atoms with Gasteiger partial charge in [-0.05, 0) is 26.7 Å². The topological polar surface area (TPSA) is 142 Å². The van der Waals surface area contributed by atoms with E-state index in [-0.39, 0.29) is 11.7 Å². The van der Waals surface area contributed by atoms with Crippen molar-refractivity contribution in [2.24, 2.45) is 0 Å². The van der Waals surface area contributed by atoms with Crippen LogP contribution >= 0.6 is 0 Å². The van der Waals surface area contributed by atoms with Crippen LogP contribution in [0.3, 0.4) is 0 Å². The molecule has 3 heterocycles. The first-order valence-corrected chi connectivity index (χ1v) is 10.6. The molecule has 11 nitrogen and oxygen atoms in total. The Bertz CT molecular complexity index is 1180. The lowest BCUT2D eigenvalue weighted by molar-refractivity contribution is 0.0555. The van der Waals surface area contributed by atoms with E-state index in [0.717, 1.165) is 0 Å². The van der Waals surface area contributed by atoms with Gasteiger partial charge in [-0.3, -0.25) is 9.50 Å². The van der Waals surface area contributed by atoms with Crippen LogP contribution in [-0.4, -0.2) is 56.1 Å². The number of aromatic amines is 1. The Labute approximate surface area is 189 Å². The van der Waals surface area contributed by atoms with Crippen LogP contribution in [-0.2, 0) is 16.1 Å². The molecule has 3 N–H and O–H groups in total. The van der Waals surface area contributed by atoms with Crippen LogP contribution in [0.25, 0.3) is 5.65 Å². The number of methoxy groups -OCH3 is 1. The zero-order valence-electron chi connectivity index (χ0n) is 18.5. The smallest absolute Gasteiger partial charge is 0.407 e. The van der Waals surface area contributed by atoms with E-state index in [4.69, 9.17) is 9.47 Å².